The van der Waals surface area contributed by atoms with Crippen molar-refractivity contribution in [2.75, 3.05) is 13.1 Å². The van der Waals surface area contributed by atoms with Crippen LogP contribution in [0.3, 0.4) is 0 Å². The third-order valence-electron chi connectivity index (χ3n) is 6.52. The zero-order chi connectivity index (χ0) is 23.9. The summed E-state index contributed by atoms with van der Waals surface area (Å²) in [6.45, 7) is 0.983. The number of hydrogen-bond donors (Lipinski definition) is 1. The second-order valence-corrected chi connectivity index (χ2v) is 10.1. The van der Waals surface area contributed by atoms with Crippen LogP contribution in [-0.2, 0) is 0 Å². The number of para-hydroxylation sites is 1. The topological polar surface area (TPSA) is 88.3 Å². The highest BCUT2D eigenvalue weighted by Gasteiger charge is 2.33. The van der Waals surface area contributed by atoms with E-state index in [2.05, 4.69) is 10.5 Å². The van der Waals surface area contributed by atoms with Gasteiger partial charge in [-0.1, -0.05) is 29.4 Å². The van der Waals surface area contributed by atoms with Crippen LogP contribution in [0.15, 0.2) is 53.1 Å². The number of fused-ring (bicyclic) bond motifs is 1. The van der Waals surface area contributed by atoms with Crippen LogP contribution in [0.2, 0.25) is 0 Å². The summed E-state index contributed by atoms with van der Waals surface area (Å²) >= 11 is 1.52. The standard InChI is InChI=1S/C26H23FN4O3S/c27-17-11-9-15(10-12-17)23-22(29-25(35-23)16-7-8-16)26(33)31-13-3-4-18(14-31)28-24(32)21-19-5-1-2-6-20(19)34-30-21/h1-2,5-6,9-12,16,18H,3-4,7-8,13-14H2,(H,28,32)/t18-/m1/s1. The number of nitrogens with zero attached hydrogens (tertiary/aromatic N) is 3. The van der Waals surface area contributed by atoms with E-state index in [1.807, 2.05) is 12.1 Å². The lowest BCUT2D eigenvalue weighted by molar-refractivity contribution is 0.0671. The van der Waals surface area contributed by atoms with E-state index < -0.39 is 0 Å². The second-order valence-electron chi connectivity index (χ2n) is 9.10. The first-order chi connectivity index (χ1) is 17.1. The average Bonchev–Trinajstić information content (AvgIpc) is 3.48. The first kappa shape index (κ1) is 21.9. The van der Waals surface area contributed by atoms with Crippen molar-refractivity contribution in [3.05, 3.63) is 70.7 Å². The van der Waals surface area contributed by atoms with E-state index >= 15 is 0 Å². The number of thiazole rings is 1. The van der Waals surface area contributed by atoms with Crippen molar-refractivity contribution >= 4 is 34.1 Å². The molecule has 6 rings (SSSR count). The molecule has 1 atom stereocenters. The third-order valence-corrected chi connectivity index (χ3v) is 7.78. The van der Waals surface area contributed by atoms with Crippen LogP contribution in [0.4, 0.5) is 4.39 Å². The maximum Gasteiger partial charge on any atom is 0.274 e. The smallest absolute Gasteiger partial charge is 0.274 e. The number of hydrogen-bond acceptors (Lipinski definition) is 6. The molecule has 0 radical (unpaired) electrons. The summed E-state index contributed by atoms with van der Waals surface area (Å²) in [5, 5.41) is 8.58. The summed E-state index contributed by atoms with van der Waals surface area (Å²) in [6, 6.07) is 13.2. The Kier molecular flexibility index (Phi) is 5.56. The monoisotopic (exact) mass is 490 g/mol. The highest BCUT2D eigenvalue weighted by molar-refractivity contribution is 7.15. The highest BCUT2D eigenvalue weighted by atomic mass is 32.1. The molecule has 2 fully saturated rings. The number of likely N-dealkylation sites (tertiary alicyclic amines) is 1. The number of benzene rings is 2. The van der Waals surface area contributed by atoms with Gasteiger partial charge in [0.15, 0.2) is 11.3 Å². The summed E-state index contributed by atoms with van der Waals surface area (Å²) in [7, 11) is 0. The zero-order valence-electron chi connectivity index (χ0n) is 18.9. The van der Waals surface area contributed by atoms with Crippen LogP contribution in [-0.4, -0.2) is 46.0 Å². The molecule has 9 heteroatoms. The fraction of sp³-hybridized carbons (Fsp3) is 0.308. The zero-order valence-corrected chi connectivity index (χ0v) is 19.7. The highest BCUT2D eigenvalue weighted by Crippen LogP contribution is 2.45. The van der Waals surface area contributed by atoms with Crippen molar-refractivity contribution < 1.29 is 18.5 Å². The predicted octanol–water partition coefficient (Wildman–Crippen LogP) is 5.00. The van der Waals surface area contributed by atoms with Gasteiger partial charge in [-0.05, 0) is 55.5 Å². The second kappa shape index (κ2) is 8.88. The van der Waals surface area contributed by atoms with Crippen molar-refractivity contribution in [1.82, 2.24) is 20.4 Å². The van der Waals surface area contributed by atoms with E-state index in [0.717, 1.165) is 41.1 Å². The lowest BCUT2D eigenvalue weighted by Gasteiger charge is -2.32. The van der Waals surface area contributed by atoms with E-state index in [1.165, 1.54) is 23.5 Å². The van der Waals surface area contributed by atoms with Gasteiger partial charge in [-0.3, -0.25) is 9.59 Å². The molecule has 178 valence electrons. The Morgan fingerprint density at radius 2 is 1.86 bits per heavy atom. The molecule has 0 bridgehead atoms. The Hall–Kier alpha value is -3.59. The van der Waals surface area contributed by atoms with E-state index in [9.17, 15) is 14.0 Å². The van der Waals surface area contributed by atoms with Crippen LogP contribution in [0.25, 0.3) is 21.4 Å². The van der Waals surface area contributed by atoms with Crippen LogP contribution in [0, 0.1) is 5.82 Å². The molecule has 0 unspecified atom stereocenters. The summed E-state index contributed by atoms with van der Waals surface area (Å²) in [4.78, 5) is 33.8. The van der Waals surface area contributed by atoms with E-state index in [1.54, 1.807) is 29.2 Å². The molecule has 2 aromatic heterocycles. The molecule has 35 heavy (non-hydrogen) atoms. The molecule has 0 spiro atoms. The lowest BCUT2D eigenvalue weighted by atomic mass is 10.0. The average molecular weight is 491 g/mol. The van der Waals surface area contributed by atoms with Crippen LogP contribution in [0.1, 0.15) is 57.6 Å². The van der Waals surface area contributed by atoms with Crippen LogP contribution >= 0.6 is 11.3 Å². The van der Waals surface area contributed by atoms with E-state index in [-0.39, 0.29) is 29.4 Å². The van der Waals surface area contributed by atoms with Gasteiger partial charge in [-0.25, -0.2) is 9.37 Å². The Labute approximate surface area is 204 Å². The molecular weight excluding hydrogens is 467 g/mol. The Balaban J connectivity index is 1.21. The number of carbonyl (C=O) groups excluding carboxylic acids is 2. The van der Waals surface area contributed by atoms with Gasteiger partial charge in [0.2, 0.25) is 0 Å². The minimum Gasteiger partial charge on any atom is -0.355 e. The van der Waals surface area contributed by atoms with Crippen molar-refractivity contribution in [1.29, 1.82) is 0 Å². The quantitative estimate of drug-likeness (QED) is 0.425. The Morgan fingerprint density at radius 1 is 1.06 bits per heavy atom. The number of amides is 2. The molecule has 2 aromatic carbocycles. The molecule has 3 heterocycles. The minimum atomic E-state index is -0.317. The van der Waals surface area contributed by atoms with Crippen molar-refractivity contribution in [3.8, 4) is 10.4 Å². The number of halogens is 1. The minimum absolute atomic E-state index is 0.154. The van der Waals surface area contributed by atoms with Gasteiger partial charge < -0.3 is 14.7 Å². The molecule has 1 aliphatic carbocycles. The summed E-state index contributed by atoms with van der Waals surface area (Å²) in [5.74, 6) is -0.376. The van der Waals surface area contributed by atoms with Gasteiger partial charge in [0.1, 0.15) is 11.5 Å². The number of carbonyl (C=O) groups is 2. The summed E-state index contributed by atoms with van der Waals surface area (Å²) < 4.78 is 18.8. The number of piperidine rings is 1. The molecule has 7 nitrogen and oxygen atoms in total. The maximum absolute atomic E-state index is 13.6. The Bertz CT molecular complexity index is 1410. The fourth-order valence-corrected chi connectivity index (χ4v) is 5.75. The normalized spacial score (nSPS) is 18.1. The molecule has 1 saturated carbocycles. The van der Waals surface area contributed by atoms with E-state index in [4.69, 9.17) is 9.51 Å². The molecule has 1 N–H and O–H groups in total. The van der Waals surface area contributed by atoms with Crippen molar-refractivity contribution in [2.24, 2.45) is 0 Å². The predicted molar refractivity (Wildman–Crippen MR) is 130 cm³/mol. The number of nitrogens with one attached hydrogen (secondary N) is 1. The molecule has 4 aromatic rings. The first-order valence-electron chi connectivity index (χ1n) is 11.8. The van der Waals surface area contributed by atoms with Crippen LogP contribution < -0.4 is 5.32 Å². The van der Waals surface area contributed by atoms with Gasteiger partial charge in [-0.15, -0.1) is 11.3 Å². The number of rotatable bonds is 5. The van der Waals surface area contributed by atoms with Crippen molar-refractivity contribution in [3.63, 3.8) is 0 Å². The van der Waals surface area contributed by atoms with Gasteiger partial charge in [0.05, 0.1) is 15.3 Å². The van der Waals surface area contributed by atoms with Gasteiger partial charge in [0.25, 0.3) is 11.8 Å². The van der Waals surface area contributed by atoms with Crippen molar-refractivity contribution in [2.45, 2.75) is 37.6 Å². The van der Waals surface area contributed by atoms with Gasteiger partial charge in [-0.2, -0.15) is 0 Å². The summed E-state index contributed by atoms with van der Waals surface area (Å²) in [6.07, 6.45) is 3.69. The molecule has 2 amide bonds. The SMILES string of the molecule is O=C(N[C@@H]1CCCN(C(=O)c2nc(C3CC3)sc2-c2ccc(F)cc2)C1)c1noc2ccccc12. The molecule has 1 aliphatic heterocycles. The fourth-order valence-electron chi connectivity index (χ4n) is 4.52. The first-order valence-corrected chi connectivity index (χ1v) is 12.6. The van der Waals surface area contributed by atoms with E-state index in [0.29, 0.717) is 35.7 Å². The lowest BCUT2D eigenvalue weighted by Crippen LogP contribution is -2.49. The van der Waals surface area contributed by atoms with Crippen LogP contribution in [0.5, 0.6) is 0 Å². The molecule has 2 aliphatic rings. The third kappa shape index (κ3) is 4.32. The molecule has 1 saturated heterocycles. The maximum atomic E-state index is 13.6. The summed E-state index contributed by atoms with van der Waals surface area (Å²) in [5.41, 5.74) is 2.01. The van der Waals surface area contributed by atoms with Gasteiger partial charge in [0, 0.05) is 25.0 Å². The molecular formula is C26H23FN4O3S. The number of aromatic nitrogens is 2. The largest absolute Gasteiger partial charge is 0.355 e. The Morgan fingerprint density at radius 3 is 2.66 bits per heavy atom. The van der Waals surface area contributed by atoms with Gasteiger partial charge >= 0.3 is 0 Å².